The molecule has 22 heavy (non-hydrogen) atoms. The fourth-order valence-corrected chi connectivity index (χ4v) is 2.24. The monoisotopic (exact) mass is 296 g/mol. The van der Waals surface area contributed by atoms with Gasteiger partial charge < -0.3 is 14.2 Å². The predicted molar refractivity (Wildman–Crippen MR) is 81.5 cm³/mol. The molecule has 0 saturated carbocycles. The highest BCUT2D eigenvalue weighted by Gasteiger charge is 2.22. The van der Waals surface area contributed by atoms with Gasteiger partial charge in [-0.3, -0.25) is 4.79 Å². The SMILES string of the molecule is O=Cc1ccc(OC(Cc2ccccc2)C2=COCO2)cc1. The highest BCUT2D eigenvalue weighted by molar-refractivity contribution is 5.74. The van der Waals surface area contributed by atoms with Gasteiger partial charge in [0.1, 0.15) is 18.3 Å². The number of rotatable bonds is 6. The molecule has 2 aromatic rings. The molecule has 1 aliphatic heterocycles. The minimum absolute atomic E-state index is 0.216. The molecule has 0 spiro atoms. The third-order valence-electron chi connectivity index (χ3n) is 3.37. The van der Waals surface area contributed by atoms with Crippen LogP contribution in [0.3, 0.4) is 0 Å². The van der Waals surface area contributed by atoms with Gasteiger partial charge in [0.15, 0.2) is 11.9 Å². The topological polar surface area (TPSA) is 44.8 Å². The van der Waals surface area contributed by atoms with Crippen molar-refractivity contribution < 1.29 is 19.0 Å². The van der Waals surface area contributed by atoms with Crippen LogP contribution in [0.5, 0.6) is 5.75 Å². The van der Waals surface area contributed by atoms with Crippen LogP contribution in [0.2, 0.25) is 0 Å². The van der Waals surface area contributed by atoms with Crippen LogP contribution in [0.4, 0.5) is 0 Å². The van der Waals surface area contributed by atoms with Crippen molar-refractivity contribution in [2.45, 2.75) is 12.5 Å². The molecule has 1 atom stereocenters. The van der Waals surface area contributed by atoms with Crippen LogP contribution in [0.25, 0.3) is 0 Å². The first kappa shape index (κ1) is 14.2. The van der Waals surface area contributed by atoms with Crippen molar-refractivity contribution in [2.24, 2.45) is 0 Å². The molecule has 0 N–H and O–H groups in total. The Hall–Kier alpha value is -2.75. The van der Waals surface area contributed by atoms with Gasteiger partial charge in [-0.1, -0.05) is 30.3 Å². The maximum absolute atomic E-state index is 10.7. The van der Waals surface area contributed by atoms with Crippen LogP contribution < -0.4 is 4.74 Å². The third-order valence-corrected chi connectivity index (χ3v) is 3.37. The van der Waals surface area contributed by atoms with E-state index in [0.717, 1.165) is 11.8 Å². The van der Waals surface area contributed by atoms with Gasteiger partial charge in [-0.25, -0.2) is 0 Å². The summed E-state index contributed by atoms with van der Waals surface area (Å²) >= 11 is 0. The molecule has 3 rings (SSSR count). The van der Waals surface area contributed by atoms with Gasteiger partial charge in [0.05, 0.1) is 0 Å². The predicted octanol–water partition coefficient (Wildman–Crippen LogP) is 3.33. The summed E-state index contributed by atoms with van der Waals surface area (Å²) in [5.41, 5.74) is 1.76. The summed E-state index contributed by atoms with van der Waals surface area (Å²) < 4.78 is 16.6. The quantitative estimate of drug-likeness (QED) is 0.767. The molecule has 1 heterocycles. The van der Waals surface area contributed by atoms with E-state index in [1.165, 1.54) is 0 Å². The van der Waals surface area contributed by atoms with Gasteiger partial charge in [-0.2, -0.15) is 0 Å². The number of carbonyl (C=O) groups excluding carboxylic acids is 1. The van der Waals surface area contributed by atoms with E-state index in [1.807, 2.05) is 30.3 Å². The Kier molecular flexibility index (Phi) is 4.39. The Morgan fingerprint density at radius 2 is 1.86 bits per heavy atom. The smallest absolute Gasteiger partial charge is 0.230 e. The molecule has 0 saturated heterocycles. The Bertz CT molecular complexity index is 647. The van der Waals surface area contributed by atoms with E-state index in [1.54, 1.807) is 30.5 Å². The molecule has 0 bridgehead atoms. The molecule has 112 valence electrons. The second-order valence-electron chi connectivity index (χ2n) is 4.93. The van der Waals surface area contributed by atoms with E-state index < -0.39 is 0 Å². The third kappa shape index (κ3) is 3.47. The van der Waals surface area contributed by atoms with Crippen molar-refractivity contribution in [3.63, 3.8) is 0 Å². The van der Waals surface area contributed by atoms with E-state index in [4.69, 9.17) is 14.2 Å². The highest BCUT2D eigenvalue weighted by atomic mass is 16.7. The Balaban J connectivity index is 1.77. The van der Waals surface area contributed by atoms with Crippen LogP contribution in [0, 0.1) is 0 Å². The number of hydrogen-bond donors (Lipinski definition) is 0. The minimum atomic E-state index is -0.271. The normalized spacial score (nSPS) is 14.5. The number of aldehydes is 1. The molecule has 1 unspecified atom stereocenters. The second-order valence-corrected chi connectivity index (χ2v) is 4.93. The molecular weight excluding hydrogens is 280 g/mol. The molecule has 0 aliphatic carbocycles. The largest absolute Gasteiger partial charge is 0.482 e. The van der Waals surface area contributed by atoms with Gasteiger partial charge in [0.25, 0.3) is 0 Å². The van der Waals surface area contributed by atoms with Crippen LogP contribution in [-0.2, 0) is 15.9 Å². The summed E-state index contributed by atoms with van der Waals surface area (Å²) in [5.74, 6) is 1.35. The van der Waals surface area contributed by atoms with Gasteiger partial charge in [0, 0.05) is 12.0 Å². The lowest BCUT2D eigenvalue weighted by molar-refractivity contribution is 0.0557. The van der Waals surface area contributed by atoms with Crippen molar-refractivity contribution >= 4 is 6.29 Å². The van der Waals surface area contributed by atoms with Crippen molar-refractivity contribution in [2.75, 3.05) is 6.79 Å². The summed E-state index contributed by atoms with van der Waals surface area (Å²) in [4.78, 5) is 10.7. The zero-order valence-electron chi connectivity index (χ0n) is 12.0. The average Bonchev–Trinajstić information content (AvgIpc) is 3.10. The van der Waals surface area contributed by atoms with Crippen LogP contribution in [0.15, 0.2) is 66.6 Å². The van der Waals surface area contributed by atoms with Gasteiger partial charge >= 0.3 is 0 Å². The first-order valence-electron chi connectivity index (χ1n) is 7.05. The zero-order chi connectivity index (χ0) is 15.2. The van der Waals surface area contributed by atoms with Crippen molar-refractivity contribution in [1.29, 1.82) is 0 Å². The van der Waals surface area contributed by atoms with Gasteiger partial charge in [-0.15, -0.1) is 0 Å². The molecule has 4 heteroatoms. The lowest BCUT2D eigenvalue weighted by atomic mass is 10.1. The number of hydrogen-bond acceptors (Lipinski definition) is 4. The Morgan fingerprint density at radius 1 is 1.09 bits per heavy atom. The molecule has 0 aromatic heterocycles. The molecule has 1 aliphatic rings. The molecular formula is C18H16O4. The van der Waals surface area contributed by atoms with Crippen LogP contribution in [-0.4, -0.2) is 19.2 Å². The van der Waals surface area contributed by atoms with E-state index in [2.05, 4.69) is 0 Å². The number of benzene rings is 2. The van der Waals surface area contributed by atoms with Crippen molar-refractivity contribution in [3.05, 3.63) is 77.7 Å². The molecule has 0 fully saturated rings. The first-order valence-corrected chi connectivity index (χ1v) is 7.05. The van der Waals surface area contributed by atoms with Crippen LogP contribution in [0.1, 0.15) is 15.9 Å². The number of ether oxygens (including phenoxy) is 3. The second kappa shape index (κ2) is 6.80. The average molecular weight is 296 g/mol. The fourth-order valence-electron chi connectivity index (χ4n) is 2.24. The summed E-state index contributed by atoms with van der Waals surface area (Å²) in [6.07, 6.45) is 2.80. The van der Waals surface area contributed by atoms with E-state index in [-0.39, 0.29) is 12.9 Å². The summed E-state index contributed by atoms with van der Waals surface area (Å²) in [5, 5.41) is 0. The highest BCUT2D eigenvalue weighted by Crippen LogP contribution is 2.22. The Morgan fingerprint density at radius 3 is 2.50 bits per heavy atom. The minimum Gasteiger partial charge on any atom is -0.482 e. The summed E-state index contributed by atoms with van der Waals surface area (Å²) in [6.45, 7) is 0.216. The fraction of sp³-hybridized carbons (Fsp3) is 0.167. The summed E-state index contributed by atoms with van der Waals surface area (Å²) in [6, 6.07) is 17.1. The van der Waals surface area contributed by atoms with Gasteiger partial charge in [0.2, 0.25) is 6.79 Å². The Labute approximate surface area is 128 Å². The summed E-state index contributed by atoms with van der Waals surface area (Å²) in [7, 11) is 0. The maximum atomic E-state index is 10.7. The maximum Gasteiger partial charge on any atom is 0.230 e. The standard InChI is InChI=1S/C18H16O4/c19-11-15-6-8-16(9-7-15)22-17(18-12-20-13-21-18)10-14-4-2-1-3-5-14/h1-9,11-12,17H,10,13H2. The van der Waals surface area contributed by atoms with E-state index in [9.17, 15) is 4.79 Å². The van der Waals surface area contributed by atoms with E-state index in [0.29, 0.717) is 23.5 Å². The molecule has 0 radical (unpaired) electrons. The lowest BCUT2D eigenvalue weighted by Gasteiger charge is -2.19. The van der Waals surface area contributed by atoms with Gasteiger partial charge in [-0.05, 0) is 29.8 Å². The molecule has 0 amide bonds. The van der Waals surface area contributed by atoms with Crippen molar-refractivity contribution in [3.8, 4) is 5.75 Å². The lowest BCUT2D eigenvalue weighted by Crippen LogP contribution is -2.22. The molecule has 2 aromatic carbocycles. The first-order chi connectivity index (χ1) is 10.8. The van der Waals surface area contributed by atoms with Crippen molar-refractivity contribution in [1.82, 2.24) is 0 Å². The van der Waals surface area contributed by atoms with E-state index >= 15 is 0 Å². The number of carbonyl (C=O) groups is 1. The van der Waals surface area contributed by atoms with Crippen LogP contribution >= 0.6 is 0 Å². The zero-order valence-corrected chi connectivity index (χ0v) is 12.0. The molecule has 4 nitrogen and oxygen atoms in total.